The molecule has 0 aliphatic rings. The van der Waals surface area contributed by atoms with Crippen LogP contribution >= 0.6 is 0 Å². The summed E-state index contributed by atoms with van der Waals surface area (Å²) in [4.78, 5) is 23.0. The molecule has 0 saturated carbocycles. The summed E-state index contributed by atoms with van der Waals surface area (Å²) in [5.41, 5.74) is 1.91. The minimum absolute atomic E-state index is 0.101. The predicted molar refractivity (Wildman–Crippen MR) is 68.0 cm³/mol. The Morgan fingerprint density at radius 3 is 2.17 bits per heavy atom. The first-order valence-electron chi connectivity index (χ1n) is 5.53. The van der Waals surface area contributed by atoms with Crippen LogP contribution < -0.4 is 0 Å². The smallest absolute Gasteiger partial charge is 0.335 e. The van der Waals surface area contributed by atoms with Gasteiger partial charge in [-0.25, -0.2) is 4.79 Å². The molecule has 0 spiro atoms. The largest absolute Gasteiger partial charge is 0.478 e. The minimum atomic E-state index is -0.980. The lowest BCUT2D eigenvalue weighted by atomic mass is 9.99. The summed E-state index contributed by atoms with van der Waals surface area (Å²) in [7, 11) is 0. The lowest BCUT2D eigenvalue weighted by Gasteiger charge is -2.05. The quantitative estimate of drug-likeness (QED) is 0.839. The molecule has 2 rings (SSSR count). The molecule has 0 amide bonds. The molecule has 0 atom stereocenters. The fourth-order valence-electron chi connectivity index (χ4n) is 1.80. The van der Waals surface area contributed by atoms with Crippen LogP contribution in [-0.2, 0) is 0 Å². The van der Waals surface area contributed by atoms with Crippen LogP contribution in [-0.4, -0.2) is 16.9 Å². The van der Waals surface area contributed by atoms with E-state index < -0.39 is 5.97 Å². The van der Waals surface area contributed by atoms with Crippen LogP contribution in [0.2, 0.25) is 0 Å². The molecule has 2 aromatic rings. The number of carboxylic acids is 1. The van der Waals surface area contributed by atoms with E-state index in [4.69, 9.17) is 5.11 Å². The summed E-state index contributed by atoms with van der Waals surface area (Å²) in [6.07, 6.45) is 0. The Morgan fingerprint density at radius 2 is 1.61 bits per heavy atom. The third kappa shape index (κ3) is 2.30. The fourth-order valence-corrected chi connectivity index (χ4v) is 1.80. The van der Waals surface area contributed by atoms with Gasteiger partial charge in [0, 0.05) is 11.1 Å². The first-order chi connectivity index (χ1) is 8.59. The molecule has 0 saturated heterocycles. The van der Waals surface area contributed by atoms with Gasteiger partial charge < -0.3 is 5.11 Å². The summed E-state index contributed by atoms with van der Waals surface area (Å²) in [5.74, 6) is -1.08. The number of rotatable bonds is 3. The van der Waals surface area contributed by atoms with Crippen LogP contribution in [0.4, 0.5) is 0 Å². The minimum Gasteiger partial charge on any atom is -0.478 e. The summed E-state index contributed by atoms with van der Waals surface area (Å²) >= 11 is 0. The molecule has 0 heterocycles. The highest BCUT2D eigenvalue weighted by Gasteiger charge is 2.12. The number of hydrogen-bond acceptors (Lipinski definition) is 2. The molecule has 0 fully saturated rings. The van der Waals surface area contributed by atoms with Crippen LogP contribution in [0.3, 0.4) is 0 Å². The average molecular weight is 240 g/mol. The molecule has 0 radical (unpaired) electrons. The van der Waals surface area contributed by atoms with E-state index in [0.29, 0.717) is 16.7 Å². The first kappa shape index (κ1) is 12.0. The summed E-state index contributed by atoms with van der Waals surface area (Å²) < 4.78 is 0. The maximum absolute atomic E-state index is 12.1. The van der Waals surface area contributed by atoms with Crippen LogP contribution in [0.5, 0.6) is 0 Å². The van der Waals surface area contributed by atoms with E-state index in [-0.39, 0.29) is 11.3 Å². The van der Waals surface area contributed by atoms with E-state index in [1.165, 1.54) is 6.07 Å². The van der Waals surface area contributed by atoms with Crippen molar-refractivity contribution in [2.75, 3.05) is 0 Å². The second-order valence-corrected chi connectivity index (χ2v) is 4.03. The monoisotopic (exact) mass is 240 g/mol. The molecular formula is C15H12O3. The average Bonchev–Trinajstić information content (AvgIpc) is 2.38. The Bertz CT molecular complexity index is 600. The Labute approximate surface area is 105 Å². The number of benzene rings is 2. The van der Waals surface area contributed by atoms with Gasteiger partial charge in [-0.05, 0) is 24.6 Å². The number of carbonyl (C=O) groups excluding carboxylic acids is 1. The maximum atomic E-state index is 12.1. The highest BCUT2D eigenvalue weighted by atomic mass is 16.4. The normalized spacial score (nSPS) is 10.1. The van der Waals surface area contributed by atoms with Crippen molar-refractivity contribution in [2.45, 2.75) is 6.92 Å². The fraction of sp³-hybridized carbons (Fsp3) is 0.0667. The Morgan fingerprint density at radius 1 is 0.944 bits per heavy atom. The number of carboxylic acid groups (broad SMARTS) is 1. The Balaban J connectivity index is 2.39. The van der Waals surface area contributed by atoms with Gasteiger partial charge in [0.25, 0.3) is 0 Å². The van der Waals surface area contributed by atoms with Gasteiger partial charge in [-0.3, -0.25) is 4.79 Å². The highest BCUT2D eigenvalue weighted by molar-refractivity contribution is 6.09. The van der Waals surface area contributed by atoms with Gasteiger partial charge in [-0.15, -0.1) is 0 Å². The van der Waals surface area contributed by atoms with E-state index in [0.717, 1.165) is 0 Å². The zero-order chi connectivity index (χ0) is 13.1. The first-order valence-corrected chi connectivity index (χ1v) is 5.53. The maximum Gasteiger partial charge on any atom is 0.335 e. The molecule has 0 aromatic heterocycles. The number of ketones is 1. The summed E-state index contributed by atoms with van der Waals surface area (Å²) in [6.45, 7) is 1.69. The number of aryl methyl sites for hydroxylation is 1. The van der Waals surface area contributed by atoms with Gasteiger partial charge in [0.1, 0.15) is 0 Å². The molecule has 90 valence electrons. The predicted octanol–water partition coefficient (Wildman–Crippen LogP) is 2.92. The molecule has 18 heavy (non-hydrogen) atoms. The molecule has 0 bridgehead atoms. The van der Waals surface area contributed by atoms with Gasteiger partial charge >= 0.3 is 5.97 Å². The summed E-state index contributed by atoms with van der Waals surface area (Å²) in [6, 6.07) is 13.5. The van der Waals surface area contributed by atoms with Gasteiger partial charge in [0.15, 0.2) is 5.78 Å². The second-order valence-electron chi connectivity index (χ2n) is 4.03. The van der Waals surface area contributed by atoms with Crippen LogP contribution in [0.25, 0.3) is 0 Å². The second kappa shape index (κ2) is 4.84. The SMILES string of the molecule is Cc1cc(C(=O)c2ccccc2)ccc1C(=O)O. The van der Waals surface area contributed by atoms with E-state index in [1.54, 1.807) is 43.3 Å². The topological polar surface area (TPSA) is 54.4 Å². The van der Waals surface area contributed by atoms with Crippen molar-refractivity contribution in [3.8, 4) is 0 Å². The molecule has 3 nitrogen and oxygen atoms in total. The number of aromatic carboxylic acids is 1. The van der Waals surface area contributed by atoms with E-state index in [1.807, 2.05) is 6.07 Å². The van der Waals surface area contributed by atoms with Crippen molar-refractivity contribution in [1.82, 2.24) is 0 Å². The van der Waals surface area contributed by atoms with Crippen LogP contribution in [0, 0.1) is 6.92 Å². The molecule has 0 aliphatic heterocycles. The lowest BCUT2D eigenvalue weighted by Crippen LogP contribution is -2.05. The van der Waals surface area contributed by atoms with Crippen LogP contribution in [0.15, 0.2) is 48.5 Å². The van der Waals surface area contributed by atoms with Crippen molar-refractivity contribution in [3.63, 3.8) is 0 Å². The van der Waals surface area contributed by atoms with Crippen molar-refractivity contribution in [3.05, 3.63) is 70.8 Å². The zero-order valence-electron chi connectivity index (χ0n) is 9.88. The zero-order valence-corrected chi connectivity index (χ0v) is 9.88. The van der Waals surface area contributed by atoms with Gasteiger partial charge in [0.05, 0.1) is 5.56 Å². The molecule has 1 N–H and O–H groups in total. The van der Waals surface area contributed by atoms with Crippen molar-refractivity contribution < 1.29 is 14.7 Å². The molecule has 3 heteroatoms. The van der Waals surface area contributed by atoms with Gasteiger partial charge in [0.2, 0.25) is 0 Å². The molecular weight excluding hydrogens is 228 g/mol. The van der Waals surface area contributed by atoms with Gasteiger partial charge in [-0.2, -0.15) is 0 Å². The number of carbonyl (C=O) groups is 2. The van der Waals surface area contributed by atoms with Crippen molar-refractivity contribution >= 4 is 11.8 Å². The molecule has 2 aromatic carbocycles. The third-order valence-corrected chi connectivity index (χ3v) is 2.75. The molecule has 0 aliphatic carbocycles. The van der Waals surface area contributed by atoms with E-state index in [9.17, 15) is 9.59 Å². The highest BCUT2D eigenvalue weighted by Crippen LogP contribution is 2.15. The Kier molecular flexibility index (Phi) is 3.24. The standard InChI is InChI=1S/C15H12O3/c1-10-9-12(7-8-13(10)15(17)18)14(16)11-5-3-2-4-6-11/h2-9H,1H3,(H,17,18). The lowest BCUT2D eigenvalue weighted by molar-refractivity contribution is 0.0695. The third-order valence-electron chi connectivity index (χ3n) is 2.75. The van der Waals surface area contributed by atoms with E-state index >= 15 is 0 Å². The van der Waals surface area contributed by atoms with Crippen LogP contribution in [0.1, 0.15) is 31.8 Å². The molecule has 0 unspecified atom stereocenters. The Hall–Kier alpha value is -2.42. The summed E-state index contributed by atoms with van der Waals surface area (Å²) in [5, 5.41) is 8.93. The van der Waals surface area contributed by atoms with Crippen molar-refractivity contribution in [1.29, 1.82) is 0 Å². The van der Waals surface area contributed by atoms with Crippen molar-refractivity contribution in [2.24, 2.45) is 0 Å². The van der Waals surface area contributed by atoms with E-state index in [2.05, 4.69) is 0 Å². The number of hydrogen-bond donors (Lipinski definition) is 1. The van der Waals surface area contributed by atoms with Gasteiger partial charge in [-0.1, -0.05) is 36.4 Å².